The van der Waals surface area contributed by atoms with E-state index < -0.39 is 0 Å². The van der Waals surface area contributed by atoms with Crippen molar-refractivity contribution >= 4 is 64.6 Å². The molecule has 0 spiro atoms. The maximum Gasteiger partial charge on any atom is 0.165 e. The van der Waals surface area contributed by atoms with Crippen LogP contribution in [-0.2, 0) is 0 Å². The summed E-state index contributed by atoms with van der Waals surface area (Å²) < 4.78 is 4.85. The zero-order valence-corrected chi connectivity index (χ0v) is 26.9. The first-order valence-electron chi connectivity index (χ1n) is 15.3. The van der Waals surface area contributed by atoms with Crippen molar-refractivity contribution in [2.45, 2.75) is 13.3 Å². The van der Waals surface area contributed by atoms with E-state index in [4.69, 9.17) is 15.0 Å². The van der Waals surface area contributed by atoms with Gasteiger partial charge in [0.1, 0.15) is 0 Å². The Morgan fingerprint density at radius 2 is 1.28 bits per heavy atom. The van der Waals surface area contributed by atoms with Gasteiger partial charge in [-0.15, -0.1) is 29.3 Å². The van der Waals surface area contributed by atoms with Crippen LogP contribution in [0.4, 0.5) is 0 Å². The number of rotatable bonds is 6. The number of nitrogens with zero attached hydrogens (tertiary/aromatic N) is 3. The first kappa shape index (κ1) is 28.3. The van der Waals surface area contributed by atoms with Gasteiger partial charge in [-0.25, -0.2) is 15.0 Å². The first-order valence-corrected chi connectivity index (χ1v) is 17.0. The molecule has 5 heteroatoms. The molecule has 0 radical (unpaired) electrons. The van der Waals surface area contributed by atoms with Crippen LogP contribution in [0.5, 0.6) is 0 Å². The highest BCUT2D eigenvalue weighted by atomic mass is 32.1. The zero-order valence-electron chi connectivity index (χ0n) is 25.3. The van der Waals surface area contributed by atoms with E-state index in [-0.39, 0.29) is 0 Å². The Kier molecular flexibility index (Phi) is 7.33. The molecule has 220 valence electrons. The van der Waals surface area contributed by atoms with Crippen molar-refractivity contribution in [1.82, 2.24) is 15.0 Å². The lowest BCUT2D eigenvalue weighted by molar-refractivity contribution is 1.02. The van der Waals surface area contributed by atoms with Crippen molar-refractivity contribution in [3.8, 4) is 33.9 Å². The van der Waals surface area contributed by atoms with E-state index in [2.05, 4.69) is 135 Å². The summed E-state index contributed by atoms with van der Waals surface area (Å²) in [7, 11) is 0. The van der Waals surface area contributed by atoms with Crippen LogP contribution in [0.3, 0.4) is 0 Å². The van der Waals surface area contributed by atoms with Gasteiger partial charge in [0.15, 0.2) is 17.5 Å². The minimum atomic E-state index is 0.633. The number of fused-ring (bicyclic) bond motifs is 4. The topological polar surface area (TPSA) is 38.7 Å². The van der Waals surface area contributed by atoms with Crippen molar-refractivity contribution in [3.05, 3.63) is 150 Å². The summed E-state index contributed by atoms with van der Waals surface area (Å²) in [6.07, 6.45) is 4.78. The minimum absolute atomic E-state index is 0.633. The molecular weight excluding hydrogens is 599 g/mol. The maximum absolute atomic E-state index is 5.26. The van der Waals surface area contributed by atoms with Gasteiger partial charge in [0.2, 0.25) is 0 Å². The highest BCUT2D eigenvalue weighted by molar-refractivity contribution is 7.26. The van der Waals surface area contributed by atoms with E-state index in [0.29, 0.717) is 23.9 Å². The van der Waals surface area contributed by atoms with Gasteiger partial charge in [0, 0.05) is 46.1 Å². The molecule has 3 heterocycles. The minimum Gasteiger partial charge on any atom is -0.208 e. The Bertz CT molecular complexity index is 2540. The SMILES string of the molecule is C=CC/C(c1nc(-c2cccc(-c3ccccc3)c2)nc(-c2cccc3c2sc2ccccc23)n1)=c1/sc2ccccc2/c1=C/C. The van der Waals surface area contributed by atoms with Crippen LogP contribution in [0.25, 0.3) is 75.8 Å². The molecule has 0 saturated heterocycles. The summed E-state index contributed by atoms with van der Waals surface area (Å²) in [6.45, 7) is 6.24. The Hall–Kier alpha value is -5.23. The summed E-state index contributed by atoms with van der Waals surface area (Å²) in [5.74, 6) is 2.00. The van der Waals surface area contributed by atoms with Crippen LogP contribution in [0, 0.1) is 0 Å². The Balaban J connectivity index is 1.43. The fraction of sp³-hybridized carbons (Fsp3) is 0.0488. The lowest BCUT2D eigenvalue weighted by Gasteiger charge is -2.11. The van der Waals surface area contributed by atoms with Crippen molar-refractivity contribution in [2.24, 2.45) is 0 Å². The van der Waals surface area contributed by atoms with Crippen LogP contribution >= 0.6 is 22.7 Å². The second-order valence-corrected chi connectivity index (χ2v) is 13.2. The third-order valence-electron chi connectivity index (χ3n) is 8.32. The Labute approximate surface area is 275 Å². The van der Waals surface area contributed by atoms with E-state index in [9.17, 15) is 0 Å². The highest BCUT2D eigenvalue weighted by Gasteiger charge is 2.19. The van der Waals surface area contributed by atoms with E-state index in [1.807, 2.05) is 12.1 Å². The largest absolute Gasteiger partial charge is 0.208 e. The molecule has 0 aliphatic rings. The smallest absolute Gasteiger partial charge is 0.165 e. The second kappa shape index (κ2) is 11.9. The number of allylic oxidation sites excluding steroid dienone is 1. The number of hydrogen-bond donors (Lipinski definition) is 0. The number of hydrogen-bond acceptors (Lipinski definition) is 5. The molecule has 0 fully saturated rings. The lowest BCUT2D eigenvalue weighted by Crippen LogP contribution is -2.23. The second-order valence-electron chi connectivity index (χ2n) is 11.1. The average molecular weight is 628 g/mol. The molecular formula is C41H29N3S2. The zero-order chi connectivity index (χ0) is 31.0. The molecule has 0 N–H and O–H groups in total. The van der Waals surface area contributed by atoms with Gasteiger partial charge >= 0.3 is 0 Å². The predicted octanol–water partition coefficient (Wildman–Crippen LogP) is 10.0. The van der Waals surface area contributed by atoms with E-state index in [1.165, 1.54) is 40.0 Å². The van der Waals surface area contributed by atoms with Crippen LogP contribution in [0.15, 0.2) is 134 Å². The predicted molar refractivity (Wildman–Crippen MR) is 198 cm³/mol. The Morgan fingerprint density at radius 1 is 0.630 bits per heavy atom. The van der Waals surface area contributed by atoms with Gasteiger partial charge in [0.05, 0.1) is 0 Å². The van der Waals surface area contributed by atoms with E-state index in [0.717, 1.165) is 27.8 Å². The molecule has 0 atom stereocenters. The fourth-order valence-electron chi connectivity index (χ4n) is 6.16. The monoisotopic (exact) mass is 627 g/mol. The number of thiophene rings is 2. The number of aromatic nitrogens is 3. The molecule has 3 aromatic heterocycles. The highest BCUT2D eigenvalue weighted by Crippen LogP contribution is 2.39. The molecule has 46 heavy (non-hydrogen) atoms. The molecule has 0 unspecified atom stereocenters. The van der Waals surface area contributed by atoms with Gasteiger partial charge in [-0.2, -0.15) is 0 Å². The third-order valence-corrected chi connectivity index (χ3v) is 10.8. The van der Waals surface area contributed by atoms with Crippen LogP contribution in [-0.4, -0.2) is 15.0 Å². The van der Waals surface area contributed by atoms with Gasteiger partial charge in [-0.05, 0) is 59.3 Å². The maximum atomic E-state index is 5.26. The van der Waals surface area contributed by atoms with Crippen molar-refractivity contribution in [3.63, 3.8) is 0 Å². The van der Waals surface area contributed by atoms with Gasteiger partial charge in [-0.1, -0.05) is 109 Å². The van der Waals surface area contributed by atoms with Crippen molar-refractivity contribution < 1.29 is 0 Å². The molecule has 8 rings (SSSR count). The molecule has 8 aromatic rings. The van der Waals surface area contributed by atoms with Crippen molar-refractivity contribution in [1.29, 1.82) is 0 Å². The molecule has 0 aliphatic heterocycles. The molecule has 0 saturated carbocycles. The molecule has 0 aliphatic carbocycles. The average Bonchev–Trinajstić information content (AvgIpc) is 3.69. The van der Waals surface area contributed by atoms with E-state index in [1.54, 1.807) is 22.7 Å². The summed E-state index contributed by atoms with van der Waals surface area (Å²) in [6, 6.07) is 42.5. The summed E-state index contributed by atoms with van der Waals surface area (Å²) in [5.41, 5.74) is 5.29. The van der Waals surface area contributed by atoms with Crippen molar-refractivity contribution in [2.75, 3.05) is 0 Å². The third kappa shape index (κ3) is 4.94. The Morgan fingerprint density at radius 3 is 2.09 bits per heavy atom. The normalized spacial score (nSPS) is 12.7. The summed E-state index contributed by atoms with van der Waals surface area (Å²) >= 11 is 3.57. The van der Waals surface area contributed by atoms with Gasteiger partial charge in [-0.3, -0.25) is 0 Å². The van der Waals surface area contributed by atoms with E-state index >= 15 is 0 Å². The first-order chi connectivity index (χ1) is 22.7. The van der Waals surface area contributed by atoms with Gasteiger partial charge < -0.3 is 0 Å². The number of benzene rings is 5. The van der Waals surface area contributed by atoms with Crippen LogP contribution in [0.1, 0.15) is 19.2 Å². The molecule has 3 nitrogen and oxygen atoms in total. The standard InChI is InChI=1S/C41H29N3S2/c1-3-14-33(37-29(4-2)30-19-8-10-23-35(30)45-37)40-42-39(28-18-12-17-27(25-28)26-15-6-5-7-16-26)43-41(44-40)34-22-13-21-32-31-20-9-11-24-36(31)46-38(32)34/h3-13,15-25H,1,14H2,2H3/b29-4-,37-33-. The fourth-order valence-corrected chi connectivity index (χ4v) is 8.66. The summed E-state index contributed by atoms with van der Waals surface area (Å²) in [4.78, 5) is 15.7. The molecule has 0 bridgehead atoms. The molecule has 5 aromatic carbocycles. The van der Waals surface area contributed by atoms with Crippen LogP contribution in [0.2, 0.25) is 0 Å². The quantitative estimate of drug-likeness (QED) is 0.172. The summed E-state index contributed by atoms with van der Waals surface area (Å²) in [5, 5.41) is 4.92. The lowest BCUT2D eigenvalue weighted by atomic mass is 10.0. The van der Waals surface area contributed by atoms with Gasteiger partial charge in [0.25, 0.3) is 0 Å². The van der Waals surface area contributed by atoms with Crippen LogP contribution < -0.4 is 9.75 Å². The molecule has 0 amide bonds.